The van der Waals surface area contributed by atoms with Gasteiger partial charge in [0.1, 0.15) is 0 Å². The molecule has 0 aliphatic carbocycles. The minimum Gasteiger partial charge on any atom is -0.238 e. The molecule has 1 aromatic heterocycles. The number of nitrogens with zero attached hydrogens (tertiary/aromatic N) is 1. The Morgan fingerprint density at radius 2 is 2.67 bits per heavy atom. The molecule has 0 aromatic carbocycles. The first-order chi connectivity index (χ1) is 2.89. The van der Waals surface area contributed by atoms with Crippen LogP contribution in [0.3, 0.4) is 0 Å². The third kappa shape index (κ3) is 0.571. The fourth-order valence-electron chi connectivity index (χ4n) is 0.211. The highest BCUT2D eigenvalue weighted by Crippen LogP contribution is 1.93. The van der Waals surface area contributed by atoms with Crippen molar-refractivity contribution in [2.45, 2.75) is 6.92 Å². The SMILES string of the molecule is Cc1[c]s[c]n1. The summed E-state index contributed by atoms with van der Waals surface area (Å²) in [4.78, 5) is 3.75. The van der Waals surface area contributed by atoms with Gasteiger partial charge in [0.2, 0.25) is 0 Å². The standard InChI is InChI=1S/C4H3NS/c1-4-2-6-3-5-4/h1H3. The lowest BCUT2D eigenvalue weighted by atomic mass is 10.6. The van der Waals surface area contributed by atoms with Crippen LogP contribution in [0.2, 0.25) is 0 Å². The molecular weight excluding hydrogens is 94.1 g/mol. The summed E-state index contributed by atoms with van der Waals surface area (Å²) in [5.41, 5.74) is 3.60. The van der Waals surface area contributed by atoms with Gasteiger partial charge in [-0.25, -0.2) is 4.98 Å². The van der Waals surface area contributed by atoms with E-state index in [-0.39, 0.29) is 0 Å². The second kappa shape index (κ2) is 1.39. The maximum absolute atomic E-state index is 3.75. The summed E-state index contributed by atoms with van der Waals surface area (Å²) in [6.07, 6.45) is 0. The zero-order valence-electron chi connectivity index (χ0n) is 3.36. The summed E-state index contributed by atoms with van der Waals surface area (Å²) in [5, 5.41) is 2.88. The summed E-state index contributed by atoms with van der Waals surface area (Å²) in [7, 11) is 0. The van der Waals surface area contributed by atoms with Gasteiger partial charge >= 0.3 is 0 Å². The molecule has 1 nitrogen and oxygen atoms in total. The van der Waals surface area contributed by atoms with Crippen LogP contribution in [0.25, 0.3) is 0 Å². The highest BCUT2D eigenvalue weighted by molar-refractivity contribution is 7.06. The predicted molar refractivity (Wildman–Crippen MR) is 24.5 cm³/mol. The highest BCUT2D eigenvalue weighted by Gasteiger charge is 1.78. The predicted octanol–water partition coefficient (Wildman–Crippen LogP) is 1.05. The Balaban J connectivity index is 3.05. The number of hydrogen-bond acceptors (Lipinski definition) is 2. The van der Waals surface area contributed by atoms with Crippen molar-refractivity contribution in [3.8, 4) is 0 Å². The second-order valence-corrected chi connectivity index (χ2v) is 1.58. The van der Waals surface area contributed by atoms with Crippen LogP contribution in [0.15, 0.2) is 0 Å². The van der Waals surface area contributed by atoms with E-state index in [9.17, 15) is 0 Å². The molecule has 0 unspecified atom stereocenters. The van der Waals surface area contributed by atoms with Crippen molar-refractivity contribution in [1.29, 1.82) is 0 Å². The average molecular weight is 97.1 g/mol. The Hall–Kier alpha value is -0.370. The molecule has 6 heavy (non-hydrogen) atoms. The number of thiazole rings is 1. The Morgan fingerprint density at radius 3 is 2.83 bits per heavy atom. The van der Waals surface area contributed by atoms with Gasteiger partial charge in [-0.1, -0.05) is 0 Å². The van der Waals surface area contributed by atoms with E-state index in [4.69, 9.17) is 0 Å². The van der Waals surface area contributed by atoms with Crippen molar-refractivity contribution in [3.63, 3.8) is 0 Å². The van der Waals surface area contributed by atoms with E-state index in [1.54, 1.807) is 0 Å². The molecule has 0 saturated heterocycles. The van der Waals surface area contributed by atoms with Crippen LogP contribution >= 0.6 is 11.3 Å². The van der Waals surface area contributed by atoms with E-state index in [2.05, 4.69) is 15.9 Å². The number of rotatable bonds is 0. The molecular formula is C4H3NS. The van der Waals surface area contributed by atoms with E-state index in [1.807, 2.05) is 6.92 Å². The van der Waals surface area contributed by atoms with Crippen LogP contribution in [0.1, 0.15) is 5.69 Å². The molecule has 0 aliphatic heterocycles. The Bertz CT molecular complexity index is 111. The van der Waals surface area contributed by atoms with Gasteiger partial charge in [-0.3, -0.25) is 0 Å². The first-order valence-electron chi connectivity index (χ1n) is 1.61. The van der Waals surface area contributed by atoms with Crippen LogP contribution in [-0.4, -0.2) is 4.98 Å². The van der Waals surface area contributed by atoms with Crippen molar-refractivity contribution in [3.05, 3.63) is 16.6 Å². The molecule has 0 amide bonds. The molecule has 1 heterocycles. The van der Waals surface area contributed by atoms with Gasteiger partial charge in [-0.15, -0.1) is 11.3 Å². The fourth-order valence-corrected chi connectivity index (χ4v) is 0.632. The minimum absolute atomic E-state index is 0.931. The lowest BCUT2D eigenvalue weighted by molar-refractivity contribution is 1.26. The smallest absolute Gasteiger partial charge is 0.153 e. The lowest BCUT2D eigenvalue weighted by Gasteiger charge is -1.63. The van der Waals surface area contributed by atoms with Crippen LogP contribution in [0.4, 0.5) is 0 Å². The summed E-state index contributed by atoms with van der Waals surface area (Å²) in [6.45, 7) is 1.90. The monoisotopic (exact) mass is 97.0 g/mol. The largest absolute Gasteiger partial charge is 0.238 e. The van der Waals surface area contributed by atoms with Gasteiger partial charge in [0.05, 0.1) is 11.1 Å². The first kappa shape index (κ1) is 3.81. The molecule has 0 aliphatic rings. The van der Waals surface area contributed by atoms with Gasteiger partial charge < -0.3 is 0 Å². The normalized spacial score (nSPS) is 8.83. The van der Waals surface area contributed by atoms with E-state index >= 15 is 0 Å². The van der Waals surface area contributed by atoms with E-state index in [0.717, 1.165) is 5.69 Å². The van der Waals surface area contributed by atoms with Crippen LogP contribution in [-0.2, 0) is 0 Å². The summed E-state index contributed by atoms with van der Waals surface area (Å²) in [6, 6.07) is 0. The fraction of sp³-hybridized carbons (Fsp3) is 0.250. The maximum Gasteiger partial charge on any atom is 0.153 e. The highest BCUT2D eigenvalue weighted by atomic mass is 32.1. The number of aromatic nitrogens is 1. The number of aryl methyl sites for hydroxylation is 1. The zero-order chi connectivity index (χ0) is 4.41. The summed E-state index contributed by atoms with van der Waals surface area (Å²) in [5.74, 6) is 0. The van der Waals surface area contributed by atoms with Crippen molar-refractivity contribution < 1.29 is 0 Å². The van der Waals surface area contributed by atoms with Gasteiger partial charge in [-0.2, -0.15) is 0 Å². The van der Waals surface area contributed by atoms with Crippen LogP contribution in [0, 0.1) is 17.8 Å². The first-order valence-corrected chi connectivity index (χ1v) is 2.42. The van der Waals surface area contributed by atoms with Crippen molar-refractivity contribution in [2.24, 2.45) is 0 Å². The number of hydrogen-bond donors (Lipinski definition) is 0. The molecule has 1 rings (SSSR count). The summed E-state index contributed by atoms with van der Waals surface area (Å²) >= 11 is 1.38. The molecule has 0 fully saturated rings. The molecule has 1 aromatic rings. The lowest BCUT2D eigenvalue weighted by Crippen LogP contribution is -1.60. The molecule has 0 spiro atoms. The van der Waals surface area contributed by atoms with Gasteiger partial charge in [-0.05, 0) is 6.92 Å². The van der Waals surface area contributed by atoms with E-state index in [1.165, 1.54) is 11.3 Å². The summed E-state index contributed by atoms with van der Waals surface area (Å²) < 4.78 is 0. The van der Waals surface area contributed by atoms with Gasteiger partial charge in [0.25, 0.3) is 0 Å². The van der Waals surface area contributed by atoms with Gasteiger partial charge in [0.15, 0.2) is 5.51 Å². The van der Waals surface area contributed by atoms with Crippen molar-refractivity contribution >= 4 is 11.3 Å². The zero-order valence-corrected chi connectivity index (χ0v) is 4.17. The van der Waals surface area contributed by atoms with Crippen LogP contribution in [0.5, 0.6) is 0 Å². The molecule has 0 N–H and O–H groups in total. The Labute approximate surface area is 40.7 Å². The molecule has 2 radical (unpaired) electrons. The third-order valence-corrected chi connectivity index (χ3v) is 1.04. The molecule has 0 bridgehead atoms. The maximum atomic E-state index is 3.75. The topological polar surface area (TPSA) is 12.9 Å². The van der Waals surface area contributed by atoms with Crippen LogP contribution < -0.4 is 0 Å². The molecule has 2 heteroatoms. The van der Waals surface area contributed by atoms with E-state index < -0.39 is 0 Å². The van der Waals surface area contributed by atoms with Crippen molar-refractivity contribution in [1.82, 2.24) is 4.98 Å². The third-order valence-electron chi connectivity index (χ3n) is 0.458. The van der Waals surface area contributed by atoms with E-state index in [0.29, 0.717) is 0 Å². The molecule has 0 atom stereocenters. The van der Waals surface area contributed by atoms with Gasteiger partial charge in [0, 0.05) is 0 Å². The Morgan fingerprint density at radius 1 is 1.83 bits per heavy atom. The minimum atomic E-state index is 0.931. The molecule has 30 valence electrons. The second-order valence-electron chi connectivity index (χ2n) is 0.993. The average Bonchev–Trinajstić information content (AvgIpc) is 1.86. The molecule has 0 saturated carbocycles. The quantitative estimate of drug-likeness (QED) is 0.471. The Kier molecular flexibility index (Phi) is 0.881. The van der Waals surface area contributed by atoms with Crippen molar-refractivity contribution in [2.75, 3.05) is 0 Å².